The Kier molecular flexibility index (Phi) is 6.69. The molecule has 0 aromatic heterocycles. The molecule has 1 aliphatic rings. The Bertz CT molecular complexity index is 166. The van der Waals surface area contributed by atoms with Gasteiger partial charge in [-0.05, 0) is 25.5 Å². The Morgan fingerprint density at radius 1 is 1.40 bits per heavy atom. The molecule has 0 radical (unpaired) electrons. The number of rotatable bonds is 6. The van der Waals surface area contributed by atoms with Crippen molar-refractivity contribution >= 4 is 11.8 Å². The first-order valence-corrected chi connectivity index (χ1v) is 7.49. The molecular formula is C12H25NOS. The van der Waals surface area contributed by atoms with Crippen molar-refractivity contribution in [3.63, 3.8) is 0 Å². The maximum atomic E-state index is 5.56. The second kappa shape index (κ2) is 7.53. The molecule has 0 bridgehead atoms. The number of ether oxygens (including phenoxy) is 1. The van der Waals surface area contributed by atoms with Crippen LogP contribution in [0.25, 0.3) is 0 Å². The molecule has 0 aliphatic heterocycles. The van der Waals surface area contributed by atoms with Crippen LogP contribution in [0.15, 0.2) is 0 Å². The molecule has 0 heterocycles. The lowest BCUT2D eigenvalue weighted by atomic mass is 9.92. The van der Waals surface area contributed by atoms with Crippen LogP contribution in [0.4, 0.5) is 0 Å². The second-order valence-corrected chi connectivity index (χ2v) is 5.30. The van der Waals surface area contributed by atoms with Crippen LogP contribution in [0.3, 0.4) is 0 Å². The van der Waals surface area contributed by atoms with E-state index in [0.717, 1.165) is 0 Å². The zero-order valence-corrected chi connectivity index (χ0v) is 11.1. The molecule has 15 heavy (non-hydrogen) atoms. The minimum Gasteiger partial charge on any atom is -0.380 e. The molecule has 2 nitrogen and oxygen atoms in total. The van der Waals surface area contributed by atoms with E-state index < -0.39 is 0 Å². The molecule has 90 valence electrons. The lowest BCUT2D eigenvalue weighted by molar-refractivity contribution is 0.0385. The fourth-order valence-corrected chi connectivity index (χ4v) is 3.09. The van der Waals surface area contributed by atoms with E-state index in [-0.39, 0.29) is 0 Å². The molecule has 0 saturated heterocycles. The first-order valence-electron chi connectivity index (χ1n) is 6.09. The molecule has 0 spiro atoms. The Morgan fingerprint density at radius 3 is 2.73 bits per heavy atom. The van der Waals surface area contributed by atoms with E-state index in [1.165, 1.54) is 37.9 Å². The summed E-state index contributed by atoms with van der Waals surface area (Å²) in [6.45, 7) is 2.26. The van der Waals surface area contributed by atoms with Crippen molar-refractivity contribution in [1.29, 1.82) is 0 Å². The Hall–Kier alpha value is 0.270. The van der Waals surface area contributed by atoms with Crippen molar-refractivity contribution in [3.8, 4) is 0 Å². The topological polar surface area (TPSA) is 21.3 Å². The Balaban J connectivity index is 2.38. The highest BCUT2D eigenvalue weighted by Crippen LogP contribution is 2.21. The third-order valence-corrected chi connectivity index (χ3v) is 4.05. The maximum Gasteiger partial charge on any atom is 0.0724 e. The van der Waals surface area contributed by atoms with Crippen LogP contribution in [0.2, 0.25) is 0 Å². The molecular weight excluding hydrogens is 206 g/mol. The molecule has 3 unspecified atom stereocenters. The predicted molar refractivity (Wildman–Crippen MR) is 68.6 cm³/mol. The van der Waals surface area contributed by atoms with Gasteiger partial charge in [0, 0.05) is 24.9 Å². The summed E-state index contributed by atoms with van der Waals surface area (Å²) < 4.78 is 5.56. The minimum atomic E-state index is 0.439. The van der Waals surface area contributed by atoms with Gasteiger partial charge in [-0.25, -0.2) is 0 Å². The van der Waals surface area contributed by atoms with Crippen LogP contribution in [-0.2, 0) is 4.74 Å². The zero-order valence-electron chi connectivity index (χ0n) is 10.3. The zero-order chi connectivity index (χ0) is 11.1. The predicted octanol–water partition coefficient (Wildman–Crippen LogP) is 2.68. The van der Waals surface area contributed by atoms with E-state index in [9.17, 15) is 0 Å². The first kappa shape index (κ1) is 13.3. The van der Waals surface area contributed by atoms with Gasteiger partial charge in [-0.1, -0.05) is 19.8 Å². The number of hydrogen-bond acceptors (Lipinski definition) is 3. The summed E-state index contributed by atoms with van der Waals surface area (Å²) in [6, 6.07) is 1.24. The third kappa shape index (κ3) is 4.33. The molecule has 3 heteroatoms. The highest BCUT2D eigenvalue weighted by atomic mass is 32.2. The summed E-state index contributed by atoms with van der Waals surface area (Å²) in [5.41, 5.74) is 0. The molecule has 1 N–H and O–H groups in total. The molecule has 0 aromatic carbocycles. The normalized spacial score (nSPS) is 29.0. The molecule has 3 atom stereocenters. The van der Waals surface area contributed by atoms with Gasteiger partial charge in [0.2, 0.25) is 0 Å². The van der Waals surface area contributed by atoms with Crippen LogP contribution in [0.5, 0.6) is 0 Å². The van der Waals surface area contributed by atoms with Crippen molar-refractivity contribution in [1.82, 2.24) is 5.32 Å². The van der Waals surface area contributed by atoms with Gasteiger partial charge in [-0.2, -0.15) is 11.8 Å². The lowest BCUT2D eigenvalue weighted by Crippen LogP contribution is -2.48. The summed E-state index contributed by atoms with van der Waals surface area (Å²) >= 11 is 1.93. The van der Waals surface area contributed by atoms with Gasteiger partial charge in [-0.15, -0.1) is 0 Å². The van der Waals surface area contributed by atoms with Gasteiger partial charge in [0.05, 0.1) is 6.10 Å². The first-order chi connectivity index (χ1) is 7.31. The van der Waals surface area contributed by atoms with Crippen molar-refractivity contribution < 1.29 is 4.74 Å². The minimum absolute atomic E-state index is 0.439. The lowest BCUT2D eigenvalue weighted by Gasteiger charge is -2.34. The number of methoxy groups -OCH3 is 1. The standard InChI is InChI=1S/C12H25NOS/c1-4-10(9-15-3)13-11-7-5-6-8-12(11)14-2/h10-13H,4-9H2,1-3H3. The largest absolute Gasteiger partial charge is 0.380 e. The van der Waals surface area contributed by atoms with Crippen LogP contribution in [0, 0.1) is 0 Å². The maximum absolute atomic E-state index is 5.56. The molecule has 1 fully saturated rings. The number of thioether (sulfide) groups is 1. The van der Waals surface area contributed by atoms with Gasteiger partial charge in [0.15, 0.2) is 0 Å². The van der Waals surface area contributed by atoms with Gasteiger partial charge >= 0.3 is 0 Å². The van der Waals surface area contributed by atoms with E-state index in [0.29, 0.717) is 18.2 Å². The highest BCUT2D eigenvalue weighted by Gasteiger charge is 2.26. The number of hydrogen-bond donors (Lipinski definition) is 1. The summed E-state index contributed by atoms with van der Waals surface area (Å²) in [4.78, 5) is 0. The van der Waals surface area contributed by atoms with Gasteiger partial charge in [-0.3, -0.25) is 0 Å². The molecule has 1 rings (SSSR count). The fourth-order valence-electron chi connectivity index (χ4n) is 2.36. The van der Waals surface area contributed by atoms with Gasteiger partial charge < -0.3 is 10.1 Å². The van der Waals surface area contributed by atoms with E-state index >= 15 is 0 Å². The van der Waals surface area contributed by atoms with E-state index in [1.54, 1.807) is 0 Å². The quantitative estimate of drug-likeness (QED) is 0.759. The van der Waals surface area contributed by atoms with E-state index in [2.05, 4.69) is 18.5 Å². The summed E-state index contributed by atoms with van der Waals surface area (Å²) in [6.07, 6.45) is 9.03. The van der Waals surface area contributed by atoms with Crippen molar-refractivity contribution in [2.75, 3.05) is 19.1 Å². The van der Waals surface area contributed by atoms with Crippen LogP contribution < -0.4 is 5.32 Å². The summed E-state index contributed by atoms with van der Waals surface area (Å²) in [5.74, 6) is 1.21. The highest BCUT2D eigenvalue weighted by molar-refractivity contribution is 7.98. The molecule has 1 aliphatic carbocycles. The smallest absolute Gasteiger partial charge is 0.0724 e. The van der Waals surface area contributed by atoms with E-state index in [4.69, 9.17) is 4.74 Å². The van der Waals surface area contributed by atoms with Crippen LogP contribution >= 0.6 is 11.8 Å². The average Bonchev–Trinajstić information content (AvgIpc) is 2.29. The third-order valence-electron chi connectivity index (χ3n) is 3.32. The van der Waals surface area contributed by atoms with Crippen molar-refractivity contribution in [2.45, 2.75) is 57.2 Å². The van der Waals surface area contributed by atoms with Crippen molar-refractivity contribution in [3.05, 3.63) is 0 Å². The fraction of sp³-hybridized carbons (Fsp3) is 1.00. The Labute approximate surface area is 98.5 Å². The van der Waals surface area contributed by atoms with Gasteiger partial charge in [0.1, 0.15) is 0 Å². The molecule has 0 amide bonds. The van der Waals surface area contributed by atoms with Crippen LogP contribution in [-0.4, -0.2) is 37.3 Å². The molecule has 0 aromatic rings. The monoisotopic (exact) mass is 231 g/mol. The summed E-state index contributed by atoms with van der Waals surface area (Å²) in [7, 11) is 1.85. The SMILES string of the molecule is CCC(CSC)NC1CCCCC1OC. The Morgan fingerprint density at radius 2 is 2.13 bits per heavy atom. The summed E-state index contributed by atoms with van der Waals surface area (Å²) in [5, 5.41) is 3.76. The average molecular weight is 231 g/mol. The second-order valence-electron chi connectivity index (χ2n) is 4.39. The van der Waals surface area contributed by atoms with Crippen molar-refractivity contribution in [2.24, 2.45) is 0 Å². The number of nitrogens with one attached hydrogen (secondary N) is 1. The van der Waals surface area contributed by atoms with Gasteiger partial charge in [0.25, 0.3) is 0 Å². The van der Waals surface area contributed by atoms with E-state index in [1.807, 2.05) is 18.9 Å². The van der Waals surface area contributed by atoms with Crippen LogP contribution in [0.1, 0.15) is 39.0 Å². The molecule has 1 saturated carbocycles.